The minimum atomic E-state index is -0.962. The van der Waals surface area contributed by atoms with Crippen LogP contribution in [0.2, 0.25) is 0 Å². The first kappa shape index (κ1) is 13.5. The Hall–Kier alpha value is -1.88. The van der Waals surface area contributed by atoms with E-state index in [2.05, 4.69) is 5.32 Å². The molecule has 1 aromatic carbocycles. The molecule has 1 aliphatic heterocycles. The predicted octanol–water partition coefficient (Wildman–Crippen LogP) is 1.49. The van der Waals surface area contributed by atoms with Crippen LogP contribution in [0.4, 0.5) is 5.69 Å². The molecule has 5 heteroatoms. The van der Waals surface area contributed by atoms with Crippen LogP contribution in [0.3, 0.4) is 0 Å². The Labute approximate surface area is 112 Å². The quantitative estimate of drug-likeness (QED) is 0.862. The maximum absolute atomic E-state index is 12.1. The number of anilines is 1. The largest absolute Gasteiger partial charge is 0.478 e. The number of nitrogens with one attached hydrogen (secondary N) is 1. The van der Waals surface area contributed by atoms with Gasteiger partial charge in [-0.1, -0.05) is 0 Å². The minimum Gasteiger partial charge on any atom is -0.478 e. The Kier molecular flexibility index (Phi) is 4.16. The Morgan fingerprint density at radius 3 is 2.58 bits per heavy atom. The van der Waals surface area contributed by atoms with Crippen LogP contribution in [0.1, 0.15) is 29.6 Å². The number of hydrogen-bond donors (Lipinski definition) is 2. The normalized spacial score (nSPS) is 18.3. The van der Waals surface area contributed by atoms with Gasteiger partial charge in [-0.2, -0.15) is 0 Å². The first-order chi connectivity index (χ1) is 9.08. The molecule has 2 rings (SSSR count). The number of amides is 1. The second-order valence-corrected chi connectivity index (χ2v) is 4.80. The van der Waals surface area contributed by atoms with Crippen LogP contribution < -0.4 is 10.2 Å². The van der Waals surface area contributed by atoms with Gasteiger partial charge in [-0.25, -0.2) is 4.79 Å². The Balaban J connectivity index is 1.99. The van der Waals surface area contributed by atoms with Gasteiger partial charge in [0.05, 0.1) is 5.56 Å². The van der Waals surface area contributed by atoms with Crippen molar-refractivity contribution in [3.8, 4) is 0 Å². The number of carboxylic acid groups (broad SMARTS) is 1. The summed E-state index contributed by atoms with van der Waals surface area (Å²) in [7, 11) is 1.72. The van der Waals surface area contributed by atoms with Crippen molar-refractivity contribution < 1.29 is 14.7 Å². The third-order valence-electron chi connectivity index (χ3n) is 3.46. The molecule has 1 saturated heterocycles. The summed E-state index contributed by atoms with van der Waals surface area (Å²) in [4.78, 5) is 24.4. The Morgan fingerprint density at radius 1 is 1.37 bits per heavy atom. The number of rotatable bonds is 4. The van der Waals surface area contributed by atoms with Crippen molar-refractivity contribution in [2.45, 2.75) is 25.3 Å². The van der Waals surface area contributed by atoms with Gasteiger partial charge in [0.1, 0.15) is 0 Å². The average molecular weight is 262 g/mol. The summed E-state index contributed by atoms with van der Waals surface area (Å²) in [5.74, 6) is -0.918. The molecule has 1 atom stereocenters. The lowest BCUT2D eigenvalue weighted by Gasteiger charge is -2.19. The lowest BCUT2D eigenvalue weighted by molar-refractivity contribution is -0.118. The summed E-state index contributed by atoms with van der Waals surface area (Å²) in [5.41, 5.74) is 0.940. The van der Waals surface area contributed by atoms with Crippen LogP contribution in [-0.2, 0) is 4.79 Å². The maximum Gasteiger partial charge on any atom is 0.335 e. The molecule has 1 aromatic rings. The summed E-state index contributed by atoms with van der Waals surface area (Å²) < 4.78 is 0. The van der Waals surface area contributed by atoms with E-state index in [9.17, 15) is 9.59 Å². The van der Waals surface area contributed by atoms with Crippen molar-refractivity contribution in [3.05, 3.63) is 29.8 Å². The molecular formula is C14H18N2O3. The van der Waals surface area contributed by atoms with Gasteiger partial charge < -0.3 is 15.3 Å². The SMILES string of the molecule is CN(C(=O)CC1CCCN1)c1ccc(C(=O)O)cc1. The fraction of sp³-hybridized carbons (Fsp3) is 0.429. The van der Waals surface area contributed by atoms with Crippen LogP contribution in [-0.4, -0.2) is 36.6 Å². The van der Waals surface area contributed by atoms with E-state index in [1.165, 1.54) is 12.1 Å². The highest BCUT2D eigenvalue weighted by molar-refractivity contribution is 5.94. The molecule has 102 valence electrons. The third-order valence-corrected chi connectivity index (χ3v) is 3.46. The summed E-state index contributed by atoms with van der Waals surface area (Å²) in [5, 5.41) is 12.1. The molecule has 0 spiro atoms. The predicted molar refractivity (Wildman–Crippen MR) is 72.5 cm³/mol. The molecule has 0 aliphatic carbocycles. The molecule has 1 amide bonds. The zero-order valence-corrected chi connectivity index (χ0v) is 10.9. The van der Waals surface area contributed by atoms with Crippen LogP contribution in [0, 0.1) is 0 Å². The number of carbonyl (C=O) groups excluding carboxylic acids is 1. The highest BCUT2D eigenvalue weighted by Gasteiger charge is 2.20. The van der Waals surface area contributed by atoms with Crippen molar-refractivity contribution in [3.63, 3.8) is 0 Å². The van der Waals surface area contributed by atoms with E-state index in [-0.39, 0.29) is 17.5 Å². The number of hydrogen-bond acceptors (Lipinski definition) is 3. The van der Waals surface area contributed by atoms with Gasteiger partial charge in [0.25, 0.3) is 0 Å². The van der Waals surface area contributed by atoms with Gasteiger partial charge in [-0.15, -0.1) is 0 Å². The van der Waals surface area contributed by atoms with Crippen LogP contribution in [0.25, 0.3) is 0 Å². The van der Waals surface area contributed by atoms with E-state index in [0.29, 0.717) is 12.1 Å². The van der Waals surface area contributed by atoms with Gasteiger partial charge in [0, 0.05) is 25.2 Å². The third kappa shape index (κ3) is 3.32. The molecule has 0 bridgehead atoms. The van der Waals surface area contributed by atoms with Crippen LogP contribution in [0.15, 0.2) is 24.3 Å². The second-order valence-electron chi connectivity index (χ2n) is 4.80. The summed E-state index contributed by atoms with van der Waals surface area (Å²) in [6.45, 7) is 0.981. The van der Waals surface area contributed by atoms with Crippen molar-refractivity contribution >= 4 is 17.6 Å². The number of nitrogens with zero attached hydrogens (tertiary/aromatic N) is 1. The molecular weight excluding hydrogens is 244 g/mol. The standard InChI is InChI=1S/C14H18N2O3/c1-16(13(17)9-11-3-2-8-15-11)12-6-4-10(5-7-12)14(18)19/h4-7,11,15H,2-3,8-9H2,1H3,(H,18,19). The molecule has 0 saturated carbocycles. The highest BCUT2D eigenvalue weighted by atomic mass is 16.4. The van der Waals surface area contributed by atoms with Crippen molar-refractivity contribution in [1.82, 2.24) is 5.32 Å². The number of benzene rings is 1. The van der Waals surface area contributed by atoms with Gasteiger partial charge in [-0.05, 0) is 43.7 Å². The molecule has 19 heavy (non-hydrogen) atoms. The zero-order chi connectivity index (χ0) is 13.8. The number of carbonyl (C=O) groups is 2. The van der Waals surface area contributed by atoms with Gasteiger partial charge in [-0.3, -0.25) is 4.79 Å². The molecule has 5 nitrogen and oxygen atoms in total. The lowest BCUT2D eigenvalue weighted by atomic mass is 10.1. The van der Waals surface area contributed by atoms with E-state index in [0.717, 1.165) is 19.4 Å². The fourth-order valence-corrected chi connectivity index (χ4v) is 2.25. The lowest BCUT2D eigenvalue weighted by Crippen LogP contribution is -2.33. The summed E-state index contributed by atoms with van der Waals surface area (Å²) >= 11 is 0. The van der Waals surface area contributed by atoms with Crippen LogP contribution in [0.5, 0.6) is 0 Å². The van der Waals surface area contributed by atoms with E-state index >= 15 is 0 Å². The summed E-state index contributed by atoms with van der Waals surface area (Å²) in [6, 6.07) is 6.60. The maximum atomic E-state index is 12.1. The van der Waals surface area contributed by atoms with E-state index in [1.807, 2.05) is 0 Å². The monoisotopic (exact) mass is 262 g/mol. The highest BCUT2D eigenvalue weighted by Crippen LogP contribution is 2.17. The summed E-state index contributed by atoms with van der Waals surface area (Å²) in [6.07, 6.45) is 2.64. The molecule has 2 N–H and O–H groups in total. The van der Waals surface area contributed by atoms with Crippen LogP contribution >= 0.6 is 0 Å². The molecule has 1 heterocycles. The minimum absolute atomic E-state index is 0.0440. The molecule has 0 aromatic heterocycles. The zero-order valence-electron chi connectivity index (χ0n) is 10.9. The molecule has 1 fully saturated rings. The molecule has 1 unspecified atom stereocenters. The topological polar surface area (TPSA) is 69.6 Å². The first-order valence-corrected chi connectivity index (χ1v) is 6.41. The Bertz CT molecular complexity index is 464. The number of carboxylic acids is 1. The second kappa shape index (κ2) is 5.84. The van der Waals surface area contributed by atoms with Gasteiger partial charge in [0.2, 0.25) is 5.91 Å². The van der Waals surface area contributed by atoms with E-state index in [1.54, 1.807) is 24.1 Å². The van der Waals surface area contributed by atoms with Gasteiger partial charge in [0.15, 0.2) is 0 Å². The Morgan fingerprint density at radius 2 is 2.05 bits per heavy atom. The smallest absolute Gasteiger partial charge is 0.335 e. The van der Waals surface area contributed by atoms with Crippen molar-refractivity contribution in [2.24, 2.45) is 0 Å². The van der Waals surface area contributed by atoms with Crippen molar-refractivity contribution in [2.75, 3.05) is 18.5 Å². The van der Waals surface area contributed by atoms with E-state index < -0.39 is 5.97 Å². The molecule has 1 aliphatic rings. The van der Waals surface area contributed by atoms with Crippen molar-refractivity contribution in [1.29, 1.82) is 0 Å². The number of aromatic carboxylic acids is 1. The van der Waals surface area contributed by atoms with E-state index in [4.69, 9.17) is 5.11 Å². The van der Waals surface area contributed by atoms with Gasteiger partial charge >= 0.3 is 5.97 Å². The fourth-order valence-electron chi connectivity index (χ4n) is 2.25. The average Bonchev–Trinajstić information content (AvgIpc) is 2.90. The first-order valence-electron chi connectivity index (χ1n) is 6.41. The molecule has 0 radical (unpaired) electrons.